The molecule has 1 fully saturated rings. The van der Waals surface area contributed by atoms with Crippen molar-refractivity contribution in [2.24, 2.45) is 0 Å². The van der Waals surface area contributed by atoms with Gasteiger partial charge in [-0.2, -0.15) is 7.11 Å². The van der Waals surface area contributed by atoms with Crippen LogP contribution < -0.4 is 61.8 Å². The first-order chi connectivity index (χ1) is 27.2. The summed E-state index contributed by atoms with van der Waals surface area (Å²) in [5.41, 5.74) is 12.5. The van der Waals surface area contributed by atoms with E-state index in [0.717, 1.165) is 25.6 Å². The summed E-state index contributed by atoms with van der Waals surface area (Å²) in [5, 5.41) is 11.7. The number of hydrogen-bond donors (Lipinski definition) is 1. The number of rotatable bonds is 5. The molecule has 328 valence electrons. The second kappa shape index (κ2) is 52.9. The first-order valence-corrected chi connectivity index (χ1v) is 21.2. The van der Waals surface area contributed by atoms with Gasteiger partial charge in [0.15, 0.2) is 5.78 Å². The van der Waals surface area contributed by atoms with Crippen LogP contribution in [0.4, 0.5) is 8.78 Å². The van der Waals surface area contributed by atoms with Crippen LogP contribution >= 0.6 is 0 Å². The Bertz CT molecular complexity index is 1360. The molecule has 0 amide bonds. The third-order valence-electron chi connectivity index (χ3n) is 7.65. The molecule has 1 N–H and O–H groups in total. The largest absolute Gasteiger partial charge is 1.00 e. The summed E-state index contributed by atoms with van der Waals surface area (Å²) in [7, 11) is 0.750. The number of halogens is 2. The average Bonchev–Trinajstić information content (AvgIpc) is 3.81. The van der Waals surface area contributed by atoms with Crippen LogP contribution in [0.2, 0.25) is 0 Å². The second-order valence-electron chi connectivity index (χ2n) is 12.8. The SMILES string of the molecule is C1CCCC1.C=C=CC.C=CCC.CC.CC.CC(=O)c1c(C)cc(C)cc1F.CC1=CC=C(/C(C)=C(\C)c2ccccc2C(C)C)CN1.CCC.CCF.C[O-].[K+]. The van der Waals surface area contributed by atoms with Crippen LogP contribution in [0.1, 0.15) is 187 Å². The Morgan fingerprint density at radius 3 is 1.60 bits per heavy atom. The molecular weight excluding hydrogens is 748 g/mol. The number of carbonyl (C=O) groups is 1. The van der Waals surface area contributed by atoms with Gasteiger partial charge in [-0.15, -0.1) is 12.3 Å². The topological polar surface area (TPSA) is 52.2 Å². The van der Waals surface area contributed by atoms with Crippen molar-refractivity contribution in [1.29, 1.82) is 0 Å². The summed E-state index contributed by atoms with van der Waals surface area (Å²) >= 11 is 0. The summed E-state index contributed by atoms with van der Waals surface area (Å²) in [6.07, 6.45) is 17.9. The summed E-state index contributed by atoms with van der Waals surface area (Å²) < 4.78 is 23.4. The standard InChI is InChI=1S/C19H25N.C10H11FO.C5H10.C4H8.C4H6.C3H8.C2H5F.2C2H6.CH3O.K/c1-13(2)18-8-6-7-9-19(18)16(5)15(4)17-11-10-14(3)20-12-17;1-6-4-7(2)10(8(3)12)9(11)5-6;1-2-4-5-3-1;2*1-3-4-2;1-3-2;1-2-3;3*1-2;/h6-11,13,20H,12H2,1-5H3;4-5H,1-3H3;1-5H2;3H,1,4H2,2H3;4H,1H2,2H3;3H2,1-2H3;2H2,1H3;2*1-2H3;1H3;/q;;;;;;;;;-1;+1/b16-15+;;;;;;;;;;. The zero-order valence-electron chi connectivity index (χ0n) is 41.2. The fourth-order valence-corrected chi connectivity index (χ4v) is 4.87. The molecular formula is C52H88F2KNO2. The van der Waals surface area contributed by atoms with E-state index in [1.165, 1.54) is 92.0 Å². The van der Waals surface area contributed by atoms with Crippen molar-refractivity contribution in [2.45, 2.75) is 169 Å². The zero-order valence-corrected chi connectivity index (χ0v) is 44.3. The number of ketones is 1. The van der Waals surface area contributed by atoms with E-state index in [1.54, 1.807) is 26.0 Å². The minimum Gasteiger partial charge on any atom is -0.857 e. The first kappa shape index (κ1) is 70.4. The van der Waals surface area contributed by atoms with Crippen molar-refractivity contribution in [3.8, 4) is 0 Å². The van der Waals surface area contributed by atoms with E-state index in [4.69, 9.17) is 5.11 Å². The molecule has 1 aliphatic carbocycles. The van der Waals surface area contributed by atoms with E-state index in [1.807, 2.05) is 40.7 Å². The van der Waals surface area contributed by atoms with Crippen LogP contribution in [0.5, 0.6) is 0 Å². The van der Waals surface area contributed by atoms with Gasteiger partial charge in [0.05, 0.1) is 12.2 Å². The Kier molecular flexibility index (Phi) is 64.2. The molecule has 0 saturated heterocycles. The quantitative estimate of drug-likeness (QED) is 0.141. The molecule has 0 spiro atoms. The Hall–Kier alpha value is -2.15. The van der Waals surface area contributed by atoms with Gasteiger partial charge in [-0.3, -0.25) is 9.18 Å². The van der Waals surface area contributed by atoms with Crippen molar-refractivity contribution >= 4 is 11.4 Å². The van der Waals surface area contributed by atoms with Crippen molar-refractivity contribution < 1.29 is 70.1 Å². The molecule has 2 aromatic rings. The van der Waals surface area contributed by atoms with Crippen LogP contribution in [0.25, 0.3) is 5.57 Å². The molecule has 58 heavy (non-hydrogen) atoms. The van der Waals surface area contributed by atoms with Gasteiger partial charge in [0.1, 0.15) is 5.82 Å². The molecule has 6 heteroatoms. The third kappa shape index (κ3) is 39.3. The zero-order chi connectivity index (χ0) is 45.8. The number of benzene rings is 2. The molecule has 2 aliphatic rings. The van der Waals surface area contributed by atoms with Gasteiger partial charge in [0.25, 0.3) is 0 Å². The predicted octanol–water partition coefficient (Wildman–Crippen LogP) is 13.0. The Morgan fingerprint density at radius 1 is 0.879 bits per heavy atom. The Morgan fingerprint density at radius 2 is 1.29 bits per heavy atom. The molecule has 0 atom stereocenters. The van der Waals surface area contributed by atoms with Gasteiger partial charge >= 0.3 is 51.4 Å². The number of aryl methyl sites for hydroxylation is 2. The maximum Gasteiger partial charge on any atom is 1.00 e. The minimum absolute atomic E-state index is 0. The van der Waals surface area contributed by atoms with Crippen LogP contribution in [-0.4, -0.2) is 26.1 Å². The van der Waals surface area contributed by atoms with Crippen molar-refractivity contribution in [2.75, 3.05) is 20.3 Å². The average molecular weight is 836 g/mol. The van der Waals surface area contributed by atoms with Crippen LogP contribution in [-0.2, 0) is 0 Å². The van der Waals surface area contributed by atoms with E-state index in [2.05, 4.69) is 116 Å². The fourth-order valence-electron chi connectivity index (χ4n) is 4.87. The van der Waals surface area contributed by atoms with Crippen molar-refractivity contribution in [3.63, 3.8) is 0 Å². The maximum absolute atomic E-state index is 13.1. The second-order valence-corrected chi connectivity index (χ2v) is 12.8. The van der Waals surface area contributed by atoms with Crippen LogP contribution in [0.3, 0.4) is 0 Å². The van der Waals surface area contributed by atoms with E-state index >= 15 is 0 Å². The number of nitrogens with one attached hydrogen (secondary N) is 1. The molecule has 0 radical (unpaired) electrons. The minimum atomic E-state index is -0.417. The molecule has 2 aromatic carbocycles. The summed E-state index contributed by atoms with van der Waals surface area (Å²) in [5.74, 6) is -0.0837. The molecule has 4 rings (SSSR count). The number of hydrogen-bond acceptors (Lipinski definition) is 3. The van der Waals surface area contributed by atoms with Gasteiger partial charge < -0.3 is 10.4 Å². The number of allylic oxidation sites excluding steroid dienone is 6. The maximum atomic E-state index is 13.1. The Balaban J connectivity index is -0.000000117. The molecule has 1 saturated carbocycles. The molecule has 1 heterocycles. The van der Waals surface area contributed by atoms with E-state index in [9.17, 15) is 13.6 Å². The normalized spacial score (nSPS) is 11.4. The van der Waals surface area contributed by atoms with Gasteiger partial charge in [0.2, 0.25) is 0 Å². The number of Topliss-reactive ketones (excluding diaryl/α,β-unsaturated/α-hetero) is 1. The van der Waals surface area contributed by atoms with E-state index in [0.29, 0.717) is 11.5 Å². The number of dihydropyridines is 1. The molecule has 0 aromatic heterocycles. The summed E-state index contributed by atoms with van der Waals surface area (Å²) in [4.78, 5) is 11.0. The monoisotopic (exact) mass is 836 g/mol. The van der Waals surface area contributed by atoms with Crippen LogP contribution in [0.15, 0.2) is 96.4 Å². The molecule has 0 bridgehead atoms. The van der Waals surface area contributed by atoms with Gasteiger partial charge in [-0.25, -0.2) is 4.39 Å². The predicted molar refractivity (Wildman–Crippen MR) is 254 cm³/mol. The van der Waals surface area contributed by atoms with E-state index in [-0.39, 0.29) is 69.4 Å². The van der Waals surface area contributed by atoms with Gasteiger partial charge in [-0.05, 0) is 125 Å². The summed E-state index contributed by atoms with van der Waals surface area (Å²) in [6.45, 7) is 41.1. The van der Waals surface area contributed by atoms with E-state index < -0.39 is 5.82 Å². The fraction of sp³-hybridized carbons (Fsp3) is 0.538. The molecule has 0 unspecified atom stereocenters. The molecule has 1 aliphatic heterocycles. The van der Waals surface area contributed by atoms with Crippen molar-refractivity contribution in [1.82, 2.24) is 5.32 Å². The van der Waals surface area contributed by atoms with Crippen molar-refractivity contribution in [3.05, 3.63) is 130 Å². The third-order valence-corrected chi connectivity index (χ3v) is 7.65. The Labute approximate surface area is 402 Å². The smallest absolute Gasteiger partial charge is 0.857 e. The summed E-state index contributed by atoms with van der Waals surface area (Å²) in [6, 6.07) is 11.9. The van der Waals surface area contributed by atoms with Gasteiger partial charge in [0, 0.05) is 12.2 Å². The van der Waals surface area contributed by atoms with Crippen LogP contribution in [0, 0.1) is 19.7 Å². The first-order valence-electron chi connectivity index (χ1n) is 21.2. The molecule has 3 nitrogen and oxygen atoms in total. The number of carbonyl (C=O) groups excluding carboxylic acids is 1. The number of alkyl halides is 1. The van der Waals surface area contributed by atoms with Gasteiger partial charge in [-0.1, -0.05) is 150 Å².